The number of ether oxygens (including phenoxy) is 2. The molecule has 0 spiro atoms. The van der Waals surface area contributed by atoms with Crippen molar-refractivity contribution in [2.75, 3.05) is 49.1 Å². The lowest BCUT2D eigenvalue weighted by Gasteiger charge is -2.21. The molecule has 2 aliphatic rings. The fourth-order valence-electron chi connectivity index (χ4n) is 3.64. The molecule has 2 saturated heterocycles. The topological polar surface area (TPSA) is 100 Å². The Morgan fingerprint density at radius 3 is 2.77 bits per heavy atom. The van der Waals surface area contributed by atoms with Crippen LogP contribution < -0.4 is 20.4 Å². The van der Waals surface area contributed by atoms with Gasteiger partial charge in [-0.25, -0.2) is 14.0 Å². The zero-order valence-electron chi connectivity index (χ0n) is 17.2. The standard InChI is InChI=1S/C20H27FN4O5/c1-3-29-19(27)23-9-14-6-7-24(11-14)18-5-4-15(8-17(18)21)25-12-16(30-20(25)28)10-22-13(2)26/h4-5,8,14,16H,3,6-7,9-12H2,1-2H3,(H,22,26)(H,23,27). The first kappa shape index (κ1) is 21.7. The number of halogens is 1. The van der Waals surface area contributed by atoms with Crippen LogP contribution >= 0.6 is 0 Å². The number of anilines is 2. The Hall–Kier alpha value is -3.04. The molecule has 0 aromatic heterocycles. The van der Waals surface area contributed by atoms with Crippen LogP contribution in [0.2, 0.25) is 0 Å². The highest BCUT2D eigenvalue weighted by Crippen LogP contribution is 2.30. The third kappa shape index (κ3) is 5.31. The molecule has 0 radical (unpaired) electrons. The fraction of sp³-hybridized carbons (Fsp3) is 0.550. The molecular formula is C20H27FN4O5. The van der Waals surface area contributed by atoms with Gasteiger partial charge in [0.2, 0.25) is 5.91 Å². The molecule has 2 aliphatic heterocycles. The van der Waals surface area contributed by atoms with Gasteiger partial charge in [0, 0.05) is 26.6 Å². The van der Waals surface area contributed by atoms with Gasteiger partial charge in [-0.2, -0.15) is 0 Å². The Morgan fingerprint density at radius 1 is 1.27 bits per heavy atom. The maximum Gasteiger partial charge on any atom is 0.414 e. The van der Waals surface area contributed by atoms with E-state index in [1.165, 1.54) is 17.9 Å². The van der Waals surface area contributed by atoms with E-state index in [1.54, 1.807) is 19.1 Å². The van der Waals surface area contributed by atoms with E-state index in [9.17, 15) is 18.8 Å². The van der Waals surface area contributed by atoms with Crippen molar-refractivity contribution in [1.29, 1.82) is 0 Å². The molecule has 3 rings (SSSR count). The molecule has 30 heavy (non-hydrogen) atoms. The molecule has 3 amide bonds. The summed E-state index contributed by atoms with van der Waals surface area (Å²) >= 11 is 0. The van der Waals surface area contributed by atoms with Crippen LogP contribution in [0.5, 0.6) is 0 Å². The molecular weight excluding hydrogens is 395 g/mol. The summed E-state index contributed by atoms with van der Waals surface area (Å²) in [5.41, 5.74) is 0.867. The van der Waals surface area contributed by atoms with Crippen LogP contribution in [0.15, 0.2) is 18.2 Å². The second-order valence-electron chi connectivity index (χ2n) is 7.39. The minimum Gasteiger partial charge on any atom is -0.450 e. The summed E-state index contributed by atoms with van der Waals surface area (Å²) in [7, 11) is 0. The maximum absolute atomic E-state index is 14.8. The summed E-state index contributed by atoms with van der Waals surface area (Å²) < 4.78 is 24.9. The molecule has 1 aromatic carbocycles. The lowest BCUT2D eigenvalue weighted by atomic mass is 10.1. The van der Waals surface area contributed by atoms with E-state index in [0.29, 0.717) is 37.6 Å². The summed E-state index contributed by atoms with van der Waals surface area (Å²) in [6.07, 6.45) is -0.656. The van der Waals surface area contributed by atoms with Gasteiger partial charge in [0.25, 0.3) is 0 Å². The highest BCUT2D eigenvalue weighted by atomic mass is 19.1. The molecule has 0 saturated carbocycles. The highest BCUT2D eigenvalue weighted by Gasteiger charge is 2.33. The Labute approximate surface area is 174 Å². The number of hydrogen-bond donors (Lipinski definition) is 2. The number of cyclic esters (lactones) is 1. The smallest absolute Gasteiger partial charge is 0.414 e. The zero-order chi connectivity index (χ0) is 21.7. The van der Waals surface area contributed by atoms with Crippen molar-refractivity contribution in [3.05, 3.63) is 24.0 Å². The summed E-state index contributed by atoms with van der Waals surface area (Å²) in [5, 5.41) is 5.33. The lowest BCUT2D eigenvalue weighted by molar-refractivity contribution is -0.119. The SMILES string of the molecule is CCOC(=O)NCC1CCN(c2ccc(N3CC(CNC(C)=O)OC3=O)cc2F)C1. The monoisotopic (exact) mass is 422 g/mol. The highest BCUT2D eigenvalue weighted by molar-refractivity contribution is 5.90. The fourth-order valence-corrected chi connectivity index (χ4v) is 3.64. The van der Waals surface area contributed by atoms with Gasteiger partial charge in [0.15, 0.2) is 0 Å². The number of carbonyl (C=O) groups is 3. The molecule has 2 heterocycles. The van der Waals surface area contributed by atoms with Crippen LogP contribution in [0.1, 0.15) is 20.3 Å². The second-order valence-corrected chi connectivity index (χ2v) is 7.39. The van der Waals surface area contributed by atoms with Gasteiger partial charge < -0.3 is 25.0 Å². The van der Waals surface area contributed by atoms with E-state index < -0.39 is 24.1 Å². The van der Waals surface area contributed by atoms with E-state index >= 15 is 0 Å². The van der Waals surface area contributed by atoms with E-state index in [2.05, 4.69) is 10.6 Å². The van der Waals surface area contributed by atoms with E-state index in [0.717, 1.165) is 6.42 Å². The van der Waals surface area contributed by atoms with Crippen LogP contribution in [0.25, 0.3) is 0 Å². The summed E-state index contributed by atoms with van der Waals surface area (Å²) in [6, 6.07) is 4.66. The molecule has 2 fully saturated rings. The predicted octanol–water partition coefficient (Wildman–Crippen LogP) is 1.86. The molecule has 9 nitrogen and oxygen atoms in total. The minimum absolute atomic E-state index is 0.205. The molecule has 0 aliphatic carbocycles. The zero-order valence-corrected chi connectivity index (χ0v) is 17.2. The number of alkyl carbamates (subject to hydrolysis) is 1. The molecule has 1 aromatic rings. The van der Waals surface area contributed by atoms with Crippen molar-refractivity contribution in [3.63, 3.8) is 0 Å². The quantitative estimate of drug-likeness (QED) is 0.696. The Morgan fingerprint density at radius 2 is 2.07 bits per heavy atom. The van der Waals surface area contributed by atoms with Gasteiger partial charge in [0.1, 0.15) is 11.9 Å². The predicted molar refractivity (Wildman–Crippen MR) is 108 cm³/mol. The first-order valence-electron chi connectivity index (χ1n) is 10.0. The largest absolute Gasteiger partial charge is 0.450 e. The Balaban J connectivity index is 1.57. The van der Waals surface area contributed by atoms with Crippen LogP contribution in [0, 0.1) is 11.7 Å². The number of benzene rings is 1. The van der Waals surface area contributed by atoms with Gasteiger partial charge in [-0.15, -0.1) is 0 Å². The average Bonchev–Trinajstić information content (AvgIpc) is 3.31. The normalized spacial score (nSPS) is 20.8. The summed E-state index contributed by atoms with van der Waals surface area (Å²) in [4.78, 5) is 37.8. The van der Waals surface area contributed by atoms with Crippen molar-refractivity contribution < 1.29 is 28.2 Å². The Kier molecular flexibility index (Phi) is 6.96. The van der Waals surface area contributed by atoms with Crippen molar-refractivity contribution in [2.24, 2.45) is 5.92 Å². The third-order valence-corrected chi connectivity index (χ3v) is 5.13. The molecule has 10 heteroatoms. The van der Waals surface area contributed by atoms with Crippen LogP contribution in [-0.4, -0.2) is 63.5 Å². The molecule has 0 bridgehead atoms. The molecule has 2 N–H and O–H groups in total. The number of carbonyl (C=O) groups excluding carboxylic acids is 3. The lowest BCUT2D eigenvalue weighted by Crippen LogP contribution is -2.33. The number of nitrogens with one attached hydrogen (secondary N) is 2. The molecule has 2 atom stereocenters. The van der Waals surface area contributed by atoms with Crippen molar-refractivity contribution >= 4 is 29.5 Å². The third-order valence-electron chi connectivity index (χ3n) is 5.13. The van der Waals surface area contributed by atoms with E-state index in [1.807, 2.05) is 4.90 Å². The van der Waals surface area contributed by atoms with E-state index in [-0.39, 0.29) is 24.9 Å². The van der Waals surface area contributed by atoms with Crippen LogP contribution in [0.4, 0.5) is 25.4 Å². The second kappa shape index (κ2) is 9.64. The van der Waals surface area contributed by atoms with Crippen molar-refractivity contribution in [1.82, 2.24) is 10.6 Å². The average molecular weight is 422 g/mol. The van der Waals surface area contributed by atoms with Gasteiger partial charge in [0.05, 0.1) is 31.1 Å². The van der Waals surface area contributed by atoms with Crippen molar-refractivity contribution in [3.8, 4) is 0 Å². The number of nitrogens with zero attached hydrogens (tertiary/aromatic N) is 2. The number of amides is 3. The first-order chi connectivity index (χ1) is 14.4. The maximum atomic E-state index is 14.8. The summed E-state index contributed by atoms with van der Waals surface area (Å²) in [5.74, 6) is -0.428. The number of rotatable bonds is 7. The molecule has 2 unspecified atom stereocenters. The van der Waals surface area contributed by atoms with Crippen LogP contribution in [0.3, 0.4) is 0 Å². The van der Waals surface area contributed by atoms with E-state index in [4.69, 9.17) is 9.47 Å². The van der Waals surface area contributed by atoms with Gasteiger partial charge >= 0.3 is 12.2 Å². The number of hydrogen-bond acceptors (Lipinski definition) is 6. The first-order valence-corrected chi connectivity index (χ1v) is 10.0. The van der Waals surface area contributed by atoms with Crippen molar-refractivity contribution in [2.45, 2.75) is 26.4 Å². The van der Waals surface area contributed by atoms with Gasteiger partial charge in [-0.1, -0.05) is 0 Å². The summed E-state index contributed by atoms with van der Waals surface area (Å²) in [6.45, 7) is 5.68. The molecule has 164 valence electrons. The Bertz CT molecular complexity index is 805. The minimum atomic E-state index is -0.566. The van der Waals surface area contributed by atoms with Gasteiger partial charge in [-0.05, 0) is 37.5 Å². The van der Waals surface area contributed by atoms with Gasteiger partial charge in [-0.3, -0.25) is 9.69 Å². The van der Waals surface area contributed by atoms with Crippen LogP contribution in [-0.2, 0) is 14.3 Å².